The fourth-order valence-electron chi connectivity index (χ4n) is 4.67. The van der Waals surface area contributed by atoms with Crippen LogP contribution < -0.4 is 4.90 Å². The number of benzene rings is 3. The predicted octanol–water partition coefficient (Wildman–Crippen LogP) is 7.02. The maximum Gasteiger partial charge on any atom is 0.0702 e. The number of hydrogen-bond donors (Lipinski definition) is 0. The first-order chi connectivity index (χ1) is 15.9. The molecule has 4 aromatic rings. The van der Waals surface area contributed by atoms with Crippen molar-refractivity contribution in [2.24, 2.45) is 4.99 Å². The van der Waals surface area contributed by atoms with Gasteiger partial charge < -0.3 is 4.90 Å². The number of fused-ring (bicyclic) bond motifs is 2. The zero-order chi connectivity index (χ0) is 21.3. The molecule has 0 N–H and O–H groups in total. The Morgan fingerprint density at radius 2 is 1.56 bits per heavy atom. The lowest BCUT2D eigenvalue weighted by atomic mass is 10.0. The maximum atomic E-state index is 4.58. The van der Waals surface area contributed by atoms with Crippen molar-refractivity contribution in [2.45, 2.75) is 19.3 Å². The highest BCUT2D eigenvalue weighted by atomic mass is 15.1. The highest BCUT2D eigenvalue weighted by Crippen LogP contribution is 2.43. The Balaban J connectivity index is 1.54. The van der Waals surface area contributed by atoms with E-state index in [9.17, 15) is 0 Å². The minimum absolute atomic E-state index is 0.893. The molecular formula is C29H23N3. The molecule has 0 saturated heterocycles. The lowest BCUT2D eigenvalue weighted by Crippen LogP contribution is -2.13. The van der Waals surface area contributed by atoms with Gasteiger partial charge in [-0.15, -0.1) is 0 Å². The predicted molar refractivity (Wildman–Crippen MR) is 132 cm³/mol. The second-order valence-corrected chi connectivity index (χ2v) is 8.24. The van der Waals surface area contributed by atoms with Crippen LogP contribution in [-0.2, 0) is 12.8 Å². The number of rotatable bonds is 3. The van der Waals surface area contributed by atoms with Crippen molar-refractivity contribution in [1.29, 1.82) is 0 Å². The Morgan fingerprint density at radius 3 is 2.41 bits per heavy atom. The fraction of sp³-hybridized carbons (Fsp3) is 0.103. The summed E-state index contributed by atoms with van der Waals surface area (Å²) in [6, 6.07) is 30.3. The molecule has 0 fully saturated rings. The van der Waals surface area contributed by atoms with Gasteiger partial charge in [-0.25, -0.2) is 0 Å². The van der Waals surface area contributed by atoms with E-state index in [0.717, 1.165) is 41.9 Å². The van der Waals surface area contributed by atoms with Crippen molar-refractivity contribution in [1.82, 2.24) is 4.98 Å². The molecular weight excluding hydrogens is 390 g/mol. The molecule has 3 aromatic carbocycles. The van der Waals surface area contributed by atoms with Crippen LogP contribution >= 0.6 is 0 Å². The summed E-state index contributed by atoms with van der Waals surface area (Å²) < 4.78 is 0. The van der Waals surface area contributed by atoms with Crippen molar-refractivity contribution >= 4 is 22.8 Å². The number of aryl methyl sites for hydroxylation is 2. The minimum Gasteiger partial charge on any atom is -0.310 e. The van der Waals surface area contributed by atoms with Crippen LogP contribution in [-0.4, -0.2) is 10.7 Å². The monoisotopic (exact) mass is 413 g/mol. The topological polar surface area (TPSA) is 28.5 Å². The molecule has 32 heavy (non-hydrogen) atoms. The first kappa shape index (κ1) is 18.8. The van der Waals surface area contributed by atoms with Gasteiger partial charge in [0.25, 0.3) is 0 Å². The number of pyridine rings is 1. The zero-order valence-corrected chi connectivity index (χ0v) is 17.8. The average molecular weight is 414 g/mol. The van der Waals surface area contributed by atoms with Crippen LogP contribution in [0.25, 0.3) is 11.3 Å². The van der Waals surface area contributed by atoms with Crippen molar-refractivity contribution in [3.8, 4) is 11.3 Å². The Morgan fingerprint density at radius 1 is 0.688 bits per heavy atom. The SMILES string of the molecule is C1=CN=C(c2ccc3c(c2)N(c2cccc(-c4ccccn4)c2)c2ccccc2CC3)C1. The summed E-state index contributed by atoms with van der Waals surface area (Å²) in [7, 11) is 0. The summed E-state index contributed by atoms with van der Waals surface area (Å²) >= 11 is 0. The molecule has 1 aromatic heterocycles. The van der Waals surface area contributed by atoms with E-state index in [2.05, 4.69) is 93.7 Å². The van der Waals surface area contributed by atoms with Crippen molar-refractivity contribution in [2.75, 3.05) is 4.90 Å². The number of nitrogens with zero attached hydrogens (tertiary/aromatic N) is 3. The van der Waals surface area contributed by atoms with E-state index < -0.39 is 0 Å². The van der Waals surface area contributed by atoms with Crippen LogP contribution in [0.5, 0.6) is 0 Å². The molecule has 3 heteroatoms. The van der Waals surface area contributed by atoms with Crippen LogP contribution in [0.2, 0.25) is 0 Å². The molecule has 3 heterocycles. The van der Waals surface area contributed by atoms with Crippen LogP contribution in [0.15, 0.2) is 108 Å². The van der Waals surface area contributed by atoms with Gasteiger partial charge in [0, 0.05) is 41.4 Å². The van der Waals surface area contributed by atoms with Gasteiger partial charge in [-0.3, -0.25) is 9.98 Å². The van der Waals surface area contributed by atoms with Crippen LogP contribution in [0, 0.1) is 0 Å². The van der Waals surface area contributed by atoms with E-state index in [0.29, 0.717) is 0 Å². The molecule has 0 spiro atoms. The molecule has 0 unspecified atom stereocenters. The van der Waals surface area contributed by atoms with Crippen LogP contribution in [0.4, 0.5) is 17.1 Å². The Kier molecular flexibility index (Phi) is 4.65. The Labute approximate surface area is 188 Å². The van der Waals surface area contributed by atoms with Crippen LogP contribution in [0.1, 0.15) is 23.1 Å². The van der Waals surface area contributed by atoms with E-state index in [4.69, 9.17) is 0 Å². The van der Waals surface area contributed by atoms with Gasteiger partial charge in [0.15, 0.2) is 0 Å². The smallest absolute Gasteiger partial charge is 0.0702 e. The van der Waals surface area contributed by atoms with Gasteiger partial charge in [0.05, 0.1) is 11.4 Å². The molecule has 0 amide bonds. The Hall–Kier alpha value is -3.98. The summed E-state index contributed by atoms with van der Waals surface area (Å²) in [5.74, 6) is 0. The highest BCUT2D eigenvalue weighted by molar-refractivity contribution is 6.04. The summed E-state index contributed by atoms with van der Waals surface area (Å²) in [6.07, 6.45) is 8.82. The number of anilines is 3. The molecule has 6 rings (SSSR count). The first-order valence-corrected chi connectivity index (χ1v) is 11.1. The standard InChI is InChI=1S/C29H23N3/c1-2-12-28-21(7-1)13-14-22-15-16-24(27-11-6-18-31-27)20-29(22)32(28)25-9-5-8-23(19-25)26-10-3-4-17-30-26/h1-10,12,15-20H,11,13-14H2. The van der Waals surface area contributed by atoms with Crippen molar-refractivity contribution in [3.05, 3.63) is 120 Å². The van der Waals surface area contributed by atoms with Crippen molar-refractivity contribution < 1.29 is 0 Å². The van der Waals surface area contributed by atoms with E-state index in [1.165, 1.54) is 28.1 Å². The van der Waals surface area contributed by atoms with Crippen LogP contribution in [0.3, 0.4) is 0 Å². The van der Waals surface area contributed by atoms with E-state index in [1.807, 2.05) is 24.5 Å². The first-order valence-electron chi connectivity index (χ1n) is 11.1. The summed E-state index contributed by atoms with van der Waals surface area (Å²) in [4.78, 5) is 11.6. The summed E-state index contributed by atoms with van der Waals surface area (Å²) in [5, 5.41) is 0. The zero-order valence-electron chi connectivity index (χ0n) is 17.8. The van der Waals surface area contributed by atoms with Gasteiger partial charge >= 0.3 is 0 Å². The molecule has 2 aliphatic heterocycles. The number of aromatic nitrogens is 1. The number of allylic oxidation sites excluding steroid dienone is 1. The molecule has 154 valence electrons. The summed E-state index contributed by atoms with van der Waals surface area (Å²) in [6.45, 7) is 0. The minimum atomic E-state index is 0.893. The molecule has 0 aliphatic carbocycles. The second kappa shape index (κ2) is 7.93. The fourth-order valence-corrected chi connectivity index (χ4v) is 4.67. The Bertz CT molecular complexity index is 1350. The number of hydrogen-bond acceptors (Lipinski definition) is 3. The van der Waals surface area contributed by atoms with E-state index in [-0.39, 0.29) is 0 Å². The lowest BCUT2D eigenvalue weighted by molar-refractivity contribution is 0.977. The largest absolute Gasteiger partial charge is 0.310 e. The van der Waals surface area contributed by atoms with E-state index in [1.54, 1.807) is 0 Å². The molecule has 0 atom stereocenters. The average Bonchev–Trinajstić information content (AvgIpc) is 3.34. The summed E-state index contributed by atoms with van der Waals surface area (Å²) in [5.41, 5.74) is 10.8. The number of aliphatic imine (C=N–C) groups is 1. The molecule has 0 bridgehead atoms. The van der Waals surface area contributed by atoms with Gasteiger partial charge in [-0.2, -0.15) is 0 Å². The van der Waals surface area contributed by atoms with Gasteiger partial charge in [0.1, 0.15) is 0 Å². The van der Waals surface area contributed by atoms with Gasteiger partial charge in [0.2, 0.25) is 0 Å². The van der Waals surface area contributed by atoms with Crippen molar-refractivity contribution in [3.63, 3.8) is 0 Å². The lowest BCUT2D eigenvalue weighted by Gasteiger charge is -2.28. The maximum absolute atomic E-state index is 4.58. The molecule has 2 aliphatic rings. The van der Waals surface area contributed by atoms with Gasteiger partial charge in [-0.1, -0.05) is 54.6 Å². The van der Waals surface area contributed by atoms with Gasteiger partial charge in [-0.05, 0) is 65.9 Å². The molecule has 0 radical (unpaired) electrons. The number of para-hydroxylation sites is 1. The molecule has 0 saturated carbocycles. The van der Waals surface area contributed by atoms with E-state index >= 15 is 0 Å². The second-order valence-electron chi connectivity index (χ2n) is 8.24. The highest BCUT2D eigenvalue weighted by Gasteiger charge is 2.23. The normalized spacial score (nSPS) is 14.5. The third-order valence-corrected chi connectivity index (χ3v) is 6.27. The third kappa shape index (κ3) is 3.32. The third-order valence-electron chi connectivity index (χ3n) is 6.27. The molecule has 3 nitrogen and oxygen atoms in total. The quantitative estimate of drug-likeness (QED) is 0.361.